The molecule has 0 saturated carbocycles. The van der Waals surface area contributed by atoms with Crippen LogP contribution in [-0.2, 0) is 16.7 Å². The van der Waals surface area contributed by atoms with Gasteiger partial charge in [0.1, 0.15) is 0 Å². The summed E-state index contributed by atoms with van der Waals surface area (Å²) in [6.07, 6.45) is -10.1. The van der Waals surface area contributed by atoms with Crippen LogP contribution in [0.3, 0.4) is 0 Å². The lowest BCUT2D eigenvalue weighted by Crippen LogP contribution is -2.69. The second-order valence-corrected chi connectivity index (χ2v) is 10.4. The molecule has 1 fully saturated rings. The molecule has 0 radical (unpaired) electrons. The molecule has 0 N–H and O–H groups in total. The summed E-state index contributed by atoms with van der Waals surface area (Å²) in [4.78, 5) is 6.72. The standard InChI is InChI=1S/C24H30F6N2OS/c1-5-33-22(23(25,26)27,24(28,29)30)21(11-10-19-7-6-14-34-19)12-13-32(16-21)20(3,4)18-9-8-17(2)31-15-18/h6-9,14-15H,5,10-13,16H2,1-4H3. The zero-order valence-electron chi connectivity index (χ0n) is 19.7. The fourth-order valence-electron chi connectivity index (χ4n) is 5.14. The molecule has 0 amide bonds. The Morgan fingerprint density at radius 3 is 2.26 bits per heavy atom. The lowest BCUT2D eigenvalue weighted by Gasteiger charge is -2.50. The van der Waals surface area contributed by atoms with E-state index in [-0.39, 0.29) is 25.8 Å². The first-order chi connectivity index (χ1) is 15.7. The van der Waals surface area contributed by atoms with Gasteiger partial charge in [0.25, 0.3) is 5.60 Å². The molecule has 1 atom stereocenters. The second kappa shape index (κ2) is 9.43. The molecule has 2 aromatic heterocycles. The van der Waals surface area contributed by atoms with Crippen LogP contribution in [0, 0.1) is 12.3 Å². The van der Waals surface area contributed by atoms with Gasteiger partial charge in [0.15, 0.2) is 0 Å². The molecule has 3 nitrogen and oxygen atoms in total. The zero-order valence-corrected chi connectivity index (χ0v) is 20.5. The van der Waals surface area contributed by atoms with Crippen molar-refractivity contribution >= 4 is 11.3 Å². The fraction of sp³-hybridized carbons (Fsp3) is 0.625. The third-order valence-corrected chi connectivity index (χ3v) is 8.03. The summed E-state index contributed by atoms with van der Waals surface area (Å²) in [6, 6.07) is 7.07. The highest BCUT2D eigenvalue weighted by Gasteiger charge is 2.81. The van der Waals surface area contributed by atoms with Gasteiger partial charge in [-0.15, -0.1) is 11.3 Å². The molecule has 0 spiro atoms. The zero-order chi connectivity index (χ0) is 25.4. The van der Waals surface area contributed by atoms with Gasteiger partial charge in [0.05, 0.1) is 0 Å². The Morgan fingerprint density at radius 2 is 1.76 bits per heavy atom. The van der Waals surface area contributed by atoms with E-state index in [1.165, 1.54) is 18.3 Å². The number of thiophene rings is 1. The molecule has 2 aromatic rings. The number of pyridine rings is 1. The molecular weight excluding hydrogens is 478 g/mol. The lowest BCUT2D eigenvalue weighted by molar-refractivity contribution is -0.415. The average molecular weight is 509 g/mol. The van der Waals surface area contributed by atoms with Crippen LogP contribution < -0.4 is 0 Å². The van der Waals surface area contributed by atoms with Gasteiger partial charge >= 0.3 is 12.4 Å². The van der Waals surface area contributed by atoms with Crippen molar-refractivity contribution in [2.75, 3.05) is 19.7 Å². The monoisotopic (exact) mass is 508 g/mol. The lowest BCUT2D eigenvalue weighted by atomic mass is 9.66. The predicted molar refractivity (Wildman–Crippen MR) is 120 cm³/mol. The SMILES string of the molecule is CCOC(C(F)(F)F)(C(F)(F)F)C1(CCc2cccs2)CCN(C(C)(C)c2ccc(C)nc2)C1. The van der Waals surface area contributed by atoms with Crippen molar-refractivity contribution in [2.24, 2.45) is 5.41 Å². The van der Waals surface area contributed by atoms with E-state index < -0.39 is 42.1 Å². The molecule has 0 bridgehead atoms. The molecule has 190 valence electrons. The van der Waals surface area contributed by atoms with Gasteiger partial charge in [0, 0.05) is 40.9 Å². The van der Waals surface area contributed by atoms with Crippen LogP contribution >= 0.6 is 11.3 Å². The summed E-state index contributed by atoms with van der Waals surface area (Å²) in [5.41, 5.74) is -5.79. The highest BCUT2D eigenvalue weighted by Crippen LogP contribution is 2.61. The van der Waals surface area contributed by atoms with E-state index in [4.69, 9.17) is 4.74 Å². The van der Waals surface area contributed by atoms with Crippen LogP contribution in [0.4, 0.5) is 26.3 Å². The summed E-state index contributed by atoms with van der Waals surface area (Å²) in [5, 5.41) is 1.76. The second-order valence-electron chi connectivity index (χ2n) is 9.39. The minimum absolute atomic E-state index is 0.0757. The maximum Gasteiger partial charge on any atom is 0.427 e. The van der Waals surface area contributed by atoms with Gasteiger partial charge in [-0.3, -0.25) is 9.88 Å². The summed E-state index contributed by atoms with van der Waals surface area (Å²) in [7, 11) is 0. The van der Waals surface area contributed by atoms with E-state index in [0.717, 1.165) is 16.1 Å². The summed E-state index contributed by atoms with van der Waals surface area (Å²) < 4.78 is 92.1. The molecule has 1 aliphatic heterocycles. The maximum atomic E-state index is 14.5. The summed E-state index contributed by atoms with van der Waals surface area (Å²) in [5.74, 6) is 0. The van der Waals surface area contributed by atoms with E-state index in [1.807, 2.05) is 13.0 Å². The molecule has 3 rings (SSSR count). The largest absolute Gasteiger partial charge is 0.427 e. The van der Waals surface area contributed by atoms with Crippen LogP contribution in [0.25, 0.3) is 0 Å². The molecule has 1 unspecified atom stereocenters. The molecule has 1 aliphatic rings. The van der Waals surface area contributed by atoms with Gasteiger partial charge in [0.2, 0.25) is 0 Å². The van der Waals surface area contributed by atoms with Crippen molar-refractivity contribution in [1.82, 2.24) is 9.88 Å². The number of likely N-dealkylation sites (tertiary alicyclic amines) is 1. The Kier molecular flexibility index (Phi) is 7.47. The quantitative estimate of drug-likeness (QED) is 0.362. The molecule has 0 aromatic carbocycles. The van der Waals surface area contributed by atoms with Crippen molar-refractivity contribution in [2.45, 2.75) is 70.4 Å². The first kappa shape index (κ1) is 26.9. The van der Waals surface area contributed by atoms with Gasteiger partial charge in [-0.25, -0.2) is 0 Å². The van der Waals surface area contributed by atoms with Crippen molar-refractivity contribution in [3.05, 3.63) is 52.0 Å². The van der Waals surface area contributed by atoms with E-state index in [1.54, 1.807) is 48.5 Å². The Balaban J connectivity index is 2.10. The molecular formula is C24H30F6N2OS. The molecule has 1 saturated heterocycles. The predicted octanol–water partition coefficient (Wildman–Crippen LogP) is 6.91. The number of hydrogen-bond donors (Lipinski definition) is 0. The smallest absolute Gasteiger partial charge is 0.358 e. The van der Waals surface area contributed by atoms with Gasteiger partial charge in [-0.1, -0.05) is 12.1 Å². The Bertz CT molecular complexity index is 926. The van der Waals surface area contributed by atoms with Crippen LogP contribution in [0.1, 0.15) is 49.7 Å². The summed E-state index contributed by atoms with van der Waals surface area (Å²) >= 11 is 1.32. The number of nitrogens with zero attached hydrogens (tertiary/aromatic N) is 2. The van der Waals surface area contributed by atoms with Crippen LogP contribution in [0.2, 0.25) is 0 Å². The van der Waals surface area contributed by atoms with Gasteiger partial charge in [-0.2, -0.15) is 26.3 Å². The highest BCUT2D eigenvalue weighted by molar-refractivity contribution is 7.09. The first-order valence-corrected chi connectivity index (χ1v) is 12.1. The fourth-order valence-corrected chi connectivity index (χ4v) is 5.85. The third-order valence-electron chi connectivity index (χ3n) is 7.10. The Hall–Kier alpha value is -1.65. The summed E-state index contributed by atoms with van der Waals surface area (Å²) in [6.45, 7) is 5.56. The van der Waals surface area contributed by atoms with Crippen molar-refractivity contribution in [3.8, 4) is 0 Å². The van der Waals surface area contributed by atoms with Crippen LogP contribution in [-0.4, -0.2) is 47.5 Å². The Labute approximate surface area is 200 Å². The van der Waals surface area contributed by atoms with Crippen LogP contribution in [0.15, 0.2) is 35.8 Å². The number of aryl methyl sites for hydroxylation is 2. The number of rotatable bonds is 8. The molecule has 34 heavy (non-hydrogen) atoms. The van der Waals surface area contributed by atoms with E-state index in [0.29, 0.717) is 0 Å². The Morgan fingerprint density at radius 1 is 1.09 bits per heavy atom. The normalized spacial score (nSPS) is 20.8. The maximum absolute atomic E-state index is 14.5. The van der Waals surface area contributed by atoms with Gasteiger partial charge in [-0.05, 0) is 76.6 Å². The minimum Gasteiger partial charge on any atom is -0.358 e. The number of aromatic nitrogens is 1. The molecule has 10 heteroatoms. The number of ether oxygens (including phenoxy) is 1. The number of halogens is 6. The van der Waals surface area contributed by atoms with E-state index >= 15 is 0 Å². The minimum atomic E-state index is -5.64. The van der Waals surface area contributed by atoms with Crippen molar-refractivity contribution in [3.63, 3.8) is 0 Å². The number of hydrogen-bond acceptors (Lipinski definition) is 4. The third kappa shape index (κ3) is 4.60. The first-order valence-electron chi connectivity index (χ1n) is 11.2. The topological polar surface area (TPSA) is 25.4 Å². The van der Waals surface area contributed by atoms with Crippen molar-refractivity contribution < 1.29 is 31.1 Å². The van der Waals surface area contributed by atoms with Gasteiger partial charge < -0.3 is 4.74 Å². The molecule has 0 aliphatic carbocycles. The highest BCUT2D eigenvalue weighted by atomic mass is 32.1. The molecule has 3 heterocycles. The van der Waals surface area contributed by atoms with Crippen LogP contribution in [0.5, 0.6) is 0 Å². The average Bonchev–Trinajstić information content (AvgIpc) is 3.40. The number of alkyl halides is 6. The van der Waals surface area contributed by atoms with E-state index in [2.05, 4.69) is 4.98 Å². The van der Waals surface area contributed by atoms with Crippen molar-refractivity contribution in [1.29, 1.82) is 0 Å². The van der Waals surface area contributed by atoms with E-state index in [9.17, 15) is 26.3 Å².